The van der Waals surface area contributed by atoms with E-state index in [1.165, 1.54) is 24.3 Å². The fourth-order valence-electron chi connectivity index (χ4n) is 4.78. The zero-order valence-corrected chi connectivity index (χ0v) is 38.7. The van der Waals surface area contributed by atoms with Gasteiger partial charge in [-0.05, 0) is 111 Å². The van der Waals surface area contributed by atoms with Gasteiger partial charge in [0.05, 0.1) is 36.6 Å². The number of sulfone groups is 1. The number of phenolic OH excluding ortho intramolecular Hbond substituents is 3. The van der Waals surface area contributed by atoms with Crippen LogP contribution in [0.2, 0.25) is 10.0 Å². The molecule has 0 aliphatic carbocycles. The van der Waals surface area contributed by atoms with Crippen molar-refractivity contribution < 1.29 is 28.1 Å². The van der Waals surface area contributed by atoms with E-state index >= 15 is 0 Å². The Balaban J connectivity index is 0. The normalized spacial score (nSPS) is 10.4. The molecule has 61 heavy (non-hydrogen) atoms. The fourth-order valence-corrected chi connectivity index (χ4v) is 8.30. The van der Waals surface area contributed by atoms with Crippen molar-refractivity contribution >= 4 is 71.6 Å². The van der Waals surface area contributed by atoms with Gasteiger partial charge in [-0.3, -0.25) is 0 Å². The van der Waals surface area contributed by atoms with E-state index in [0.29, 0.717) is 32.3 Å². The first kappa shape index (κ1) is 59.6. The third-order valence-electron chi connectivity index (χ3n) is 8.20. The van der Waals surface area contributed by atoms with Crippen LogP contribution in [0.1, 0.15) is 124 Å². The number of hydrogen-bond donors (Lipinski definition) is 3. The predicted octanol–water partition coefficient (Wildman–Crippen LogP) is 16.7. The van der Waals surface area contributed by atoms with Gasteiger partial charge in [0.25, 0.3) is 0 Å². The Hall–Kier alpha value is -3.52. The van der Waals surface area contributed by atoms with Gasteiger partial charge in [-0.2, -0.15) is 0 Å². The summed E-state index contributed by atoms with van der Waals surface area (Å²) in [4.78, 5) is 9.40. The molecule has 0 spiro atoms. The molecule has 2 heterocycles. The second-order valence-electron chi connectivity index (χ2n) is 14.1. The minimum atomic E-state index is -3.11. The number of thiazole rings is 2. The van der Waals surface area contributed by atoms with Crippen molar-refractivity contribution in [3.63, 3.8) is 0 Å². The minimum absolute atomic E-state index is 0. The second-order valence-corrected chi connectivity index (χ2v) is 20.2. The molecule has 0 atom stereocenters. The Kier molecular flexibility index (Phi) is 26.2. The number of aromatic hydroxyl groups is 3. The monoisotopic (exact) mass is 1000 g/mol. The standard InChI is InChI=1S/C13H14FNS.C12H13NO2S.C9H11BrO2S.C9H10Cl2O.4CH4/c1-8(2)13-15-12(7-16-13)10-4-5-11(14)9(3)6-10;1-7(2)12-13-9(6-16-12)8-3-4-10(14)11(15)5-8;1-7(2)13(11,12)9-5-3-8(10)4-6-9;1-5(2)7-3-6(10)4-8(11)9(7)12;;;;/h4-8H,1-3H3;3-7,14-15H,1-2H3;3-7H,1-2H3;3-5,12H,1-2H3;4*1H4. The summed E-state index contributed by atoms with van der Waals surface area (Å²) in [7, 11) is -3.11. The molecule has 6 aromatic rings. The first-order chi connectivity index (χ1) is 26.6. The van der Waals surface area contributed by atoms with Crippen LogP contribution < -0.4 is 0 Å². The number of nitrogens with zero attached hydrogens (tertiary/aromatic N) is 2. The largest absolute Gasteiger partial charge is 0.506 e. The zero-order chi connectivity index (χ0) is 42.8. The number of halogens is 4. The lowest BCUT2D eigenvalue weighted by atomic mass is 10.0. The third kappa shape index (κ3) is 17.3. The number of aromatic nitrogens is 2. The van der Waals surface area contributed by atoms with E-state index in [4.69, 9.17) is 23.2 Å². The lowest BCUT2D eigenvalue weighted by molar-refractivity contribution is 0.404. The molecule has 2 aromatic heterocycles. The van der Waals surface area contributed by atoms with Crippen LogP contribution in [0.3, 0.4) is 0 Å². The molecule has 4 aromatic carbocycles. The summed E-state index contributed by atoms with van der Waals surface area (Å²) in [5.41, 5.74) is 5.03. The highest BCUT2D eigenvalue weighted by atomic mass is 79.9. The van der Waals surface area contributed by atoms with Crippen LogP contribution in [-0.2, 0) is 9.84 Å². The van der Waals surface area contributed by atoms with E-state index in [0.717, 1.165) is 42.6 Å². The Morgan fingerprint density at radius 3 is 1.54 bits per heavy atom. The average Bonchev–Trinajstić information content (AvgIpc) is 3.85. The number of hydrogen-bond acceptors (Lipinski definition) is 9. The van der Waals surface area contributed by atoms with Crippen LogP contribution in [-0.4, -0.2) is 39.0 Å². The number of aryl methyl sites for hydroxylation is 1. The van der Waals surface area contributed by atoms with Gasteiger partial charge >= 0.3 is 0 Å². The fraction of sp³-hybridized carbons (Fsp3) is 0.362. The van der Waals surface area contributed by atoms with Crippen LogP contribution in [0, 0.1) is 12.7 Å². The molecule has 0 saturated carbocycles. The highest BCUT2D eigenvalue weighted by molar-refractivity contribution is 9.10. The van der Waals surface area contributed by atoms with Crippen molar-refractivity contribution in [2.24, 2.45) is 0 Å². The molecule has 0 aliphatic heterocycles. The van der Waals surface area contributed by atoms with E-state index in [1.54, 1.807) is 85.9 Å². The maximum absolute atomic E-state index is 13.1. The van der Waals surface area contributed by atoms with E-state index < -0.39 is 9.84 Å². The van der Waals surface area contributed by atoms with Gasteiger partial charge in [-0.15, -0.1) is 22.7 Å². The van der Waals surface area contributed by atoms with Gasteiger partial charge in [0.2, 0.25) is 0 Å². The maximum Gasteiger partial charge on any atom is 0.180 e. The van der Waals surface area contributed by atoms with Crippen LogP contribution in [0.4, 0.5) is 4.39 Å². The lowest BCUT2D eigenvalue weighted by Gasteiger charge is -2.09. The van der Waals surface area contributed by atoms with Crippen LogP contribution in [0.25, 0.3) is 22.5 Å². The smallest absolute Gasteiger partial charge is 0.180 e. The molecular weight excluding hydrogens is 939 g/mol. The Labute approximate surface area is 391 Å². The molecule has 0 fully saturated rings. The molecule has 0 unspecified atom stereocenters. The maximum atomic E-state index is 13.1. The molecule has 0 saturated heterocycles. The van der Waals surface area contributed by atoms with Gasteiger partial charge in [0.15, 0.2) is 21.3 Å². The van der Waals surface area contributed by atoms with Crippen molar-refractivity contribution in [3.8, 4) is 39.8 Å². The number of phenols is 3. The molecule has 6 rings (SSSR count). The Morgan fingerprint density at radius 2 is 1.13 bits per heavy atom. The molecule has 7 nitrogen and oxygen atoms in total. The topological polar surface area (TPSA) is 121 Å². The number of rotatable bonds is 7. The van der Waals surface area contributed by atoms with E-state index in [-0.39, 0.29) is 63.9 Å². The molecule has 3 N–H and O–H groups in total. The zero-order valence-electron chi connectivity index (χ0n) is 33.2. The molecule has 14 heteroatoms. The average molecular weight is 1000 g/mol. The summed E-state index contributed by atoms with van der Waals surface area (Å²) in [5.74, 6) is 0.824. The summed E-state index contributed by atoms with van der Waals surface area (Å²) < 4.78 is 37.3. The first-order valence-corrected chi connectivity index (χ1v) is 22.8. The number of benzene rings is 4. The molecular formula is C47H64BrCl2FN2O5S3. The van der Waals surface area contributed by atoms with Crippen molar-refractivity contribution in [1.82, 2.24) is 9.97 Å². The third-order valence-corrected chi connectivity index (χ3v) is 13.7. The highest BCUT2D eigenvalue weighted by Gasteiger charge is 2.18. The van der Waals surface area contributed by atoms with Crippen LogP contribution >= 0.6 is 61.8 Å². The summed E-state index contributed by atoms with van der Waals surface area (Å²) in [5, 5.41) is 34.8. The SMILES string of the molecule is C.C.C.C.CC(C)S(=O)(=O)c1ccc(Br)cc1.CC(C)c1cc(Cl)cc(Cl)c1O.CC(C)c1nc(-c2ccc(O)c(O)c2)cs1.Cc1cc(-c2csc(C(C)C)n2)ccc1F. The summed E-state index contributed by atoms with van der Waals surface area (Å²) in [6.07, 6.45) is 0. The van der Waals surface area contributed by atoms with E-state index in [1.807, 2.05) is 30.7 Å². The molecule has 0 amide bonds. The van der Waals surface area contributed by atoms with Gasteiger partial charge in [0, 0.05) is 43.2 Å². The minimum Gasteiger partial charge on any atom is -0.506 e. The Morgan fingerprint density at radius 1 is 0.656 bits per heavy atom. The van der Waals surface area contributed by atoms with Crippen LogP contribution in [0.5, 0.6) is 17.2 Å². The van der Waals surface area contributed by atoms with Gasteiger partial charge in [-0.1, -0.05) is 110 Å². The van der Waals surface area contributed by atoms with Crippen LogP contribution in [0.15, 0.2) is 92.9 Å². The van der Waals surface area contributed by atoms with Gasteiger partial charge in [0.1, 0.15) is 11.6 Å². The highest BCUT2D eigenvalue weighted by Crippen LogP contribution is 2.35. The predicted molar refractivity (Wildman–Crippen MR) is 267 cm³/mol. The second kappa shape index (κ2) is 26.8. The summed E-state index contributed by atoms with van der Waals surface area (Å²) in [6.45, 7) is 17.5. The van der Waals surface area contributed by atoms with E-state index in [2.05, 4.69) is 53.6 Å². The summed E-state index contributed by atoms with van der Waals surface area (Å²) in [6, 6.07) is 19.8. The quantitative estimate of drug-likeness (QED) is 0.136. The van der Waals surface area contributed by atoms with Crippen molar-refractivity contribution in [2.75, 3.05) is 0 Å². The molecule has 0 bridgehead atoms. The van der Waals surface area contributed by atoms with Crippen molar-refractivity contribution in [3.05, 3.63) is 125 Å². The molecule has 338 valence electrons. The first-order valence-electron chi connectivity index (χ1n) is 18.0. The molecule has 0 radical (unpaired) electrons. The van der Waals surface area contributed by atoms with Crippen molar-refractivity contribution in [2.45, 2.75) is 120 Å². The van der Waals surface area contributed by atoms with Gasteiger partial charge < -0.3 is 15.3 Å². The Bertz CT molecular complexity index is 2250. The van der Waals surface area contributed by atoms with E-state index in [9.17, 15) is 28.1 Å². The summed E-state index contributed by atoms with van der Waals surface area (Å²) >= 11 is 18.0. The van der Waals surface area contributed by atoms with Gasteiger partial charge in [-0.25, -0.2) is 22.8 Å². The van der Waals surface area contributed by atoms with Crippen molar-refractivity contribution in [1.29, 1.82) is 0 Å². The lowest BCUT2D eigenvalue weighted by Crippen LogP contribution is -2.13. The molecule has 0 aliphatic rings.